The van der Waals surface area contributed by atoms with Crippen LogP contribution in [0.1, 0.15) is 11.1 Å². The van der Waals surface area contributed by atoms with Crippen molar-refractivity contribution >= 4 is 16.9 Å². The summed E-state index contributed by atoms with van der Waals surface area (Å²) in [6.45, 7) is 3.81. The Morgan fingerprint density at radius 2 is 2.05 bits per heavy atom. The minimum atomic E-state index is 0. The van der Waals surface area contributed by atoms with Crippen LogP contribution in [0.3, 0.4) is 0 Å². The van der Waals surface area contributed by atoms with Crippen LogP contribution in [0, 0.1) is 13.5 Å². The molecule has 0 amide bonds. The molecule has 90 valence electrons. The summed E-state index contributed by atoms with van der Waals surface area (Å²) >= 11 is 0. The maximum atomic E-state index is 5.69. The van der Waals surface area contributed by atoms with Gasteiger partial charge in [0.15, 0.2) is 0 Å². The number of aryl methyl sites for hydroxylation is 1. The largest absolute Gasteiger partial charge is 1.00 e. The van der Waals surface area contributed by atoms with E-state index in [4.69, 9.17) is 5.73 Å². The minimum absolute atomic E-state index is 0. The molecule has 6 heteroatoms. The van der Waals surface area contributed by atoms with E-state index < -0.39 is 0 Å². The molecule has 0 fully saturated rings. The maximum Gasteiger partial charge on any atom is 1.00 e. The molecule has 0 radical (unpaired) electrons. The molecule has 2 heterocycles. The third-order valence-corrected chi connectivity index (χ3v) is 2.79. The number of hydrogen-bond acceptors (Lipinski definition) is 4. The molecular weight excluding hydrogens is 233 g/mol. The van der Waals surface area contributed by atoms with Gasteiger partial charge < -0.3 is 5.73 Å². The molecule has 0 atom stereocenters. The summed E-state index contributed by atoms with van der Waals surface area (Å²) < 4.78 is 1.74. The molecule has 3 rings (SSSR count). The third kappa shape index (κ3) is 2.57. The molecule has 0 aliphatic carbocycles. The molecule has 0 aliphatic heterocycles. The molecule has 0 saturated heterocycles. The number of nitrogens with zero attached hydrogens (tertiary/aromatic N) is 4. The minimum Gasteiger partial charge on any atom is -0.385 e. The van der Waals surface area contributed by atoms with Crippen molar-refractivity contribution in [2.45, 2.75) is 6.92 Å². The molecule has 2 N–H and O–H groups in total. The normalized spacial score (nSPS) is 10.2. The van der Waals surface area contributed by atoms with Gasteiger partial charge in [0.2, 0.25) is 0 Å². The molecule has 0 aliphatic rings. The van der Waals surface area contributed by atoms with E-state index in [1.807, 2.05) is 43.8 Å². The smallest absolute Gasteiger partial charge is 0.385 e. The number of aromatic nitrogens is 4. The third-order valence-electron chi connectivity index (χ3n) is 2.79. The second-order valence-electron chi connectivity index (χ2n) is 4.12. The zero-order valence-corrected chi connectivity index (χ0v) is 10.9. The Balaban J connectivity index is 0.00000133. The summed E-state index contributed by atoms with van der Waals surface area (Å²) in [4.78, 5) is 4.12. The molecule has 1 aromatic carbocycles. The van der Waals surface area contributed by atoms with E-state index in [0.29, 0.717) is 5.82 Å². The average molecular weight is 245 g/mol. The summed E-state index contributed by atoms with van der Waals surface area (Å²) in [5.41, 5.74) is 9.42. The standard InChI is InChI=1S/C13H12N5.Li/c1-9-6-10(7-15-13(9)14)8-18-12-5-3-2-4-11(12)16-17-18;/h2-8H,1H3,(H2,14,15);/q-1;+1. The van der Waals surface area contributed by atoms with Crippen LogP contribution >= 0.6 is 0 Å². The van der Waals surface area contributed by atoms with Crippen LogP contribution in [0.2, 0.25) is 0 Å². The number of nitrogen functional groups attached to an aromatic ring is 1. The number of pyridine rings is 1. The van der Waals surface area contributed by atoms with Gasteiger partial charge in [0.1, 0.15) is 5.82 Å². The number of nitrogens with two attached hydrogens (primary N) is 1. The topological polar surface area (TPSA) is 69.6 Å². The summed E-state index contributed by atoms with van der Waals surface area (Å²) in [5, 5.41) is 8.19. The molecule has 2 aromatic heterocycles. The van der Waals surface area contributed by atoms with Crippen LogP contribution in [0.4, 0.5) is 5.82 Å². The van der Waals surface area contributed by atoms with Gasteiger partial charge in [-0.15, -0.1) is 16.7 Å². The first-order valence-electron chi connectivity index (χ1n) is 5.61. The zero-order valence-electron chi connectivity index (χ0n) is 10.9. The van der Waals surface area contributed by atoms with Crippen molar-refractivity contribution in [2.75, 3.05) is 5.73 Å². The van der Waals surface area contributed by atoms with Crippen molar-refractivity contribution in [1.29, 1.82) is 0 Å². The fourth-order valence-corrected chi connectivity index (χ4v) is 1.80. The van der Waals surface area contributed by atoms with Crippen LogP contribution < -0.4 is 24.6 Å². The SMILES string of the molecule is Cc1cc([CH-]n2nnc3ccccc32)cnc1N.[Li+]. The predicted octanol–water partition coefficient (Wildman–Crippen LogP) is -1.22. The van der Waals surface area contributed by atoms with Crippen LogP contribution in [0.25, 0.3) is 11.0 Å². The van der Waals surface area contributed by atoms with Crippen LogP contribution in [0.5, 0.6) is 0 Å². The molecule has 0 saturated carbocycles. The number of fused-ring (bicyclic) bond motifs is 1. The van der Waals surface area contributed by atoms with Gasteiger partial charge in [-0.05, 0) is 19.2 Å². The number of hydrogen-bond donors (Lipinski definition) is 1. The molecule has 19 heavy (non-hydrogen) atoms. The van der Waals surface area contributed by atoms with Crippen LogP contribution in [0.15, 0.2) is 36.5 Å². The van der Waals surface area contributed by atoms with E-state index in [-0.39, 0.29) is 18.9 Å². The van der Waals surface area contributed by atoms with Gasteiger partial charge in [-0.1, -0.05) is 35.5 Å². The Morgan fingerprint density at radius 3 is 2.84 bits per heavy atom. The molecule has 3 aromatic rings. The Morgan fingerprint density at radius 1 is 1.26 bits per heavy atom. The first-order valence-corrected chi connectivity index (χ1v) is 5.61. The molecule has 0 spiro atoms. The van der Waals surface area contributed by atoms with Gasteiger partial charge in [0, 0.05) is 5.52 Å². The molecule has 5 nitrogen and oxygen atoms in total. The van der Waals surface area contributed by atoms with Crippen molar-refractivity contribution in [3.63, 3.8) is 0 Å². The number of para-hydroxylation sites is 1. The Kier molecular flexibility index (Phi) is 3.79. The summed E-state index contributed by atoms with van der Waals surface area (Å²) in [7, 11) is 0. The van der Waals surface area contributed by atoms with Gasteiger partial charge in [0.05, 0.1) is 5.52 Å². The fourth-order valence-electron chi connectivity index (χ4n) is 1.80. The van der Waals surface area contributed by atoms with E-state index in [9.17, 15) is 0 Å². The number of rotatable bonds is 2. The van der Waals surface area contributed by atoms with Crippen molar-refractivity contribution in [2.24, 2.45) is 0 Å². The van der Waals surface area contributed by atoms with Crippen molar-refractivity contribution in [3.8, 4) is 0 Å². The summed E-state index contributed by atoms with van der Waals surface area (Å²) in [6, 6.07) is 9.78. The maximum absolute atomic E-state index is 5.69. The summed E-state index contributed by atoms with van der Waals surface area (Å²) in [5.74, 6) is 0.551. The fraction of sp³-hybridized carbons (Fsp3) is 0.0769. The molecule has 0 bridgehead atoms. The quantitative estimate of drug-likeness (QED) is 0.454. The van der Waals surface area contributed by atoms with Crippen LogP contribution in [-0.2, 0) is 0 Å². The first-order chi connectivity index (χ1) is 8.74. The number of anilines is 1. The number of benzene rings is 1. The van der Waals surface area contributed by atoms with Gasteiger partial charge >= 0.3 is 18.9 Å². The van der Waals surface area contributed by atoms with E-state index in [0.717, 1.165) is 22.2 Å². The molecule has 0 unspecified atom stereocenters. The van der Waals surface area contributed by atoms with Gasteiger partial charge in [-0.25, -0.2) is 0 Å². The monoisotopic (exact) mass is 245 g/mol. The van der Waals surface area contributed by atoms with E-state index in [1.54, 1.807) is 10.9 Å². The predicted molar refractivity (Wildman–Crippen MR) is 69.7 cm³/mol. The average Bonchev–Trinajstić information content (AvgIpc) is 2.78. The van der Waals surface area contributed by atoms with Crippen molar-refractivity contribution in [1.82, 2.24) is 20.0 Å². The van der Waals surface area contributed by atoms with Crippen LogP contribution in [-0.4, -0.2) is 20.0 Å². The first kappa shape index (κ1) is 13.5. The van der Waals surface area contributed by atoms with E-state index in [2.05, 4.69) is 15.3 Å². The van der Waals surface area contributed by atoms with Gasteiger partial charge in [0.25, 0.3) is 0 Å². The second kappa shape index (κ2) is 5.35. The van der Waals surface area contributed by atoms with E-state index >= 15 is 0 Å². The Hall–Kier alpha value is -1.96. The Bertz CT molecular complexity index is 707. The molecular formula is C13H12LiN5. The summed E-state index contributed by atoms with van der Waals surface area (Å²) in [6.07, 6.45) is 1.72. The van der Waals surface area contributed by atoms with Crippen molar-refractivity contribution in [3.05, 3.63) is 54.2 Å². The second-order valence-corrected chi connectivity index (χ2v) is 4.12. The Labute approximate surface area is 123 Å². The van der Waals surface area contributed by atoms with Gasteiger partial charge in [-0.3, -0.25) is 9.67 Å². The van der Waals surface area contributed by atoms with Gasteiger partial charge in [-0.2, -0.15) is 0 Å². The van der Waals surface area contributed by atoms with E-state index in [1.165, 1.54) is 0 Å². The zero-order chi connectivity index (χ0) is 12.5. The van der Waals surface area contributed by atoms with Crippen molar-refractivity contribution < 1.29 is 18.9 Å².